The van der Waals surface area contributed by atoms with Crippen molar-refractivity contribution in [3.8, 4) is 5.69 Å². The van der Waals surface area contributed by atoms with E-state index in [-0.39, 0.29) is 11.4 Å². The van der Waals surface area contributed by atoms with Crippen molar-refractivity contribution in [3.63, 3.8) is 0 Å². The summed E-state index contributed by atoms with van der Waals surface area (Å²) < 4.78 is 4.13. The highest BCUT2D eigenvalue weighted by Gasteiger charge is 2.07. The van der Waals surface area contributed by atoms with Gasteiger partial charge in [-0.3, -0.25) is 4.79 Å². The van der Waals surface area contributed by atoms with Crippen LogP contribution in [0.2, 0.25) is 0 Å². The molecule has 3 aromatic rings. The van der Waals surface area contributed by atoms with Gasteiger partial charge in [0.2, 0.25) is 0 Å². The van der Waals surface area contributed by atoms with Crippen LogP contribution < -0.4 is 10.9 Å². The standard InChI is InChI=1S/C14H12BrN5O/c1-19-7-6-16-13(14(19)21)18-10-8-17-20(9-10)12-5-3-2-4-11(12)15/h2-9H,1H3,(H,16,18). The Kier molecular flexibility index (Phi) is 3.57. The smallest absolute Gasteiger partial charge is 0.293 e. The van der Waals surface area contributed by atoms with Gasteiger partial charge in [0.25, 0.3) is 5.56 Å². The first-order valence-electron chi connectivity index (χ1n) is 6.23. The number of hydrogen-bond acceptors (Lipinski definition) is 4. The lowest BCUT2D eigenvalue weighted by Crippen LogP contribution is -2.20. The van der Waals surface area contributed by atoms with Gasteiger partial charge in [-0.05, 0) is 28.1 Å². The highest BCUT2D eigenvalue weighted by Crippen LogP contribution is 2.21. The summed E-state index contributed by atoms with van der Waals surface area (Å²) in [5.41, 5.74) is 1.42. The number of halogens is 1. The molecule has 0 unspecified atom stereocenters. The van der Waals surface area contributed by atoms with E-state index in [0.717, 1.165) is 10.2 Å². The highest BCUT2D eigenvalue weighted by atomic mass is 79.9. The van der Waals surface area contributed by atoms with Crippen molar-refractivity contribution >= 4 is 27.4 Å². The minimum Gasteiger partial charge on any atom is -0.333 e. The van der Waals surface area contributed by atoms with Crippen molar-refractivity contribution in [2.75, 3.05) is 5.32 Å². The van der Waals surface area contributed by atoms with Crippen LogP contribution in [-0.4, -0.2) is 19.3 Å². The maximum Gasteiger partial charge on any atom is 0.293 e. The predicted octanol–water partition coefficient (Wildman–Crippen LogP) is 2.47. The average Bonchev–Trinajstić information content (AvgIpc) is 2.93. The molecule has 0 atom stereocenters. The fourth-order valence-corrected chi connectivity index (χ4v) is 2.34. The second-order valence-corrected chi connectivity index (χ2v) is 5.30. The molecule has 106 valence electrons. The lowest BCUT2D eigenvalue weighted by atomic mass is 10.3. The van der Waals surface area contributed by atoms with Crippen LogP contribution in [-0.2, 0) is 7.05 Å². The third-order valence-electron chi connectivity index (χ3n) is 2.96. The van der Waals surface area contributed by atoms with Crippen molar-refractivity contribution in [1.82, 2.24) is 19.3 Å². The van der Waals surface area contributed by atoms with Crippen LogP contribution in [0.5, 0.6) is 0 Å². The van der Waals surface area contributed by atoms with Crippen LogP contribution in [0.25, 0.3) is 5.69 Å². The van der Waals surface area contributed by atoms with Crippen molar-refractivity contribution in [2.45, 2.75) is 0 Å². The molecule has 21 heavy (non-hydrogen) atoms. The fraction of sp³-hybridized carbons (Fsp3) is 0.0714. The molecule has 0 spiro atoms. The molecule has 0 aliphatic rings. The fourth-order valence-electron chi connectivity index (χ4n) is 1.88. The van der Waals surface area contributed by atoms with Gasteiger partial charge >= 0.3 is 0 Å². The Hall–Kier alpha value is -2.41. The van der Waals surface area contributed by atoms with E-state index < -0.39 is 0 Å². The van der Waals surface area contributed by atoms with Gasteiger partial charge in [0.15, 0.2) is 5.82 Å². The summed E-state index contributed by atoms with van der Waals surface area (Å²) in [6.07, 6.45) is 6.63. The summed E-state index contributed by atoms with van der Waals surface area (Å²) in [5, 5.41) is 7.26. The summed E-state index contributed by atoms with van der Waals surface area (Å²) >= 11 is 3.48. The Morgan fingerprint density at radius 3 is 2.90 bits per heavy atom. The number of hydrogen-bond donors (Lipinski definition) is 1. The first kappa shape index (κ1) is 13.6. The van der Waals surface area contributed by atoms with Crippen molar-refractivity contribution in [2.24, 2.45) is 7.05 Å². The quantitative estimate of drug-likeness (QED) is 0.791. The van der Waals surface area contributed by atoms with Gasteiger partial charge in [-0.1, -0.05) is 12.1 Å². The molecule has 0 amide bonds. The predicted molar refractivity (Wildman–Crippen MR) is 84.0 cm³/mol. The lowest BCUT2D eigenvalue weighted by molar-refractivity contribution is 0.845. The molecule has 0 bridgehead atoms. The summed E-state index contributed by atoms with van der Waals surface area (Å²) in [6.45, 7) is 0. The number of nitrogens with one attached hydrogen (secondary N) is 1. The van der Waals surface area contributed by atoms with Gasteiger partial charge in [0.05, 0.1) is 23.8 Å². The van der Waals surface area contributed by atoms with E-state index >= 15 is 0 Å². The maximum absolute atomic E-state index is 11.9. The normalized spacial score (nSPS) is 10.6. The first-order valence-corrected chi connectivity index (χ1v) is 7.02. The highest BCUT2D eigenvalue weighted by molar-refractivity contribution is 9.10. The molecule has 1 aromatic carbocycles. The molecule has 0 saturated heterocycles. The Balaban J connectivity index is 1.91. The van der Waals surface area contributed by atoms with Gasteiger partial charge in [0.1, 0.15) is 0 Å². The van der Waals surface area contributed by atoms with Crippen LogP contribution in [0.1, 0.15) is 0 Å². The summed E-state index contributed by atoms with van der Waals surface area (Å²) in [5.74, 6) is 0.270. The topological polar surface area (TPSA) is 64.7 Å². The van der Waals surface area contributed by atoms with Gasteiger partial charge in [-0.2, -0.15) is 5.10 Å². The molecular weight excluding hydrogens is 334 g/mol. The molecular formula is C14H12BrN5O. The van der Waals surface area contributed by atoms with E-state index in [1.165, 1.54) is 4.57 Å². The number of benzene rings is 1. The summed E-state index contributed by atoms with van der Waals surface area (Å²) in [4.78, 5) is 16.0. The molecule has 0 radical (unpaired) electrons. The SMILES string of the molecule is Cn1ccnc(Nc2cnn(-c3ccccc3Br)c2)c1=O. The van der Waals surface area contributed by atoms with Crippen LogP contribution in [0.15, 0.2) is 58.3 Å². The van der Waals surface area contributed by atoms with Crippen LogP contribution in [0.3, 0.4) is 0 Å². The zero-order valence-electron chi connectivity index (χ0n) is 11.2. The van der Waals surface area contributed by atoms with Crippen molar-refractivity contribution < 1.29 is 0 Å². The van der Waals surface area contributed by atoms with E-state index in [0.29, 0.717) is 5.69 Å². The number of para-hydroxylation sites is 1. The van der Waals surface area contributed by atoms with E-state index in [4.69, 9.17) is 0 Å². The average molecular weight is 346 g/mol. The van der Waals surface area contributed by atoms with Gasteiger partial charge in [-0.15, -0.1) is 0 Å². The minimum absolute atomic E-state index is 0.189. The van der Waals surface area contributed by atoms with E-state index in [1.807, 2.05) is 24.3 Å². The zero-order valence-corrected chi connectivity index (χ0v) is 12.8. The Morgan fingerprint density at radius 1 is 1.29 bits per heavy atom. The molecule has 2 aromatic heterocycles. The molecule has 0 fully saturated rings. The molecule has 7 heteroatoms. The van der Waals surface area contributed by atoms with Crippen LogP contribution >= 0.6 is 15.9 Å². The third-order valence-corrected chi connectivity index (χ3v) is 3.63. The number of anilines is 2. The molecule has 0 aliphatic carbocycles. The van der Waals surface area contributed by atoms with Crippen molar-refractivity contribution in [1.29, 1.82) is 0 Å². The monoisotopic (exact) mass is 345 g/mol. The number of aromatic nitrogens is 4. The maximum atomic E-state index is 11.9. The largest absolute Gasteiger partial charge is 0.333 e. The molecule has 0 aliphatic heterocycles. The molecule has 3 rings (SSSR count). The third kappa shape index (κ3) is 2.73. The van der Waals surface area contributed by atoms with E-state index in [1.54, 1.807) is 36.5 Å². The van der Waals surface area contributed by atoms with E-state index in [9.17, 15) is 4.79 Å². The van der Waals surface area contributed by atoms with Crippen molar-refractivity contribution in [3.05, 3.63) is 63.9 Å². The summed E-state index contributed by atoms with van der Waals surface area (Å²) in [7, 11) is 1.68. The molecule has 6 nitrogen and oxygen atoms in total. The number of nitrogens with zero attached hydrogens (tertiary/aromatic N) is 4. The van der Waals surface area contributed by atoms with E-state index in [2.05, 4.69) is 31.3 Å². The Bertz CT molecular complexity index is 839. The first-order chi connectivity index (χ1) is 10.1. The van der Waals surface area contributed by atoms with Crippen LogP contribution in [0.4, 0.5) is 11.5 Å². The molecule has 0 saturated carbocycles. The Labute approximate surface area is 129 Å². The van der Waals surface area contributed by atoms with Gasteiger partial charge in [-0.25, -0.2) is 9.67 Å². The van der Waals surface area contributed by atoms with Gasteiger partial charge in [0, 0.05) is 23.9 Å². The lowest BCUT2D eigenvalue weighted by Gasteiger charge is -2.04. The van der Waals surface area contributed by atoms with Gasteiger partial charge < -0.3 is 9.88 Å². The number of aryl methyl sites for hydroxylation is 1. The second-order valence-electron chi connectivity index (χ2n) is 4.44. The minimum atomic E-state index is -0.189. The molecule has 2 heterocycles. The zero-order chi connectivity index (χ0) is 14.8. The molecule has 1 N–H and O–H groups in total. The Morgan fingerprint density at radius 2 is 2.10 bits per heavy atom. The van der Waals surface area contributed by atoms with Crippen LogP contribution in [0, 0.1) is 0 Å². The number of rotatable bonds is 3. The second kappa shape index (κ2) is 5.53. The summed E-state index contributed by atoms with van der Waals surface area (Å²) in [6, 6.07) is 7.76.